The van der Waals surface area contributed by atoms with Crippen LogP contribution in [-0.4, -0.2) is 24.3 Å². The van der Waals surface area contributed by atoms with E-state index in [2.05, 4.69) is 0 Å². The zero-order chi connectivity index (χ0) is 20.1. The topological polar surface area (TPSA) is 70.3 Å². The number of ether oxygens (including phenoxy) is 1. The molecule has 0 radical (unpaired) electrons. The van der Waals surface area contributed by atoms with Crippen LogP contribution in [0, 0.1) is 23.1 Å². The number of carboxylic acid groups (broad SMARTS) is 1. The second-order valence-corrected chi connectivity index (χ2v) is 7.29. The second kappa shape index (κ2) is 8.99. The Morgan fingerprint density at radius 3 is 2.57 bits per heavy atom. The van der Waals surface area contributed by atoms with Crippen LogP contribution in [0.25, 0.3) is 11.1 Å². The fourth-order valence-corrected chi connectivity index (χ4v) is 3.96. The minimum absolute atomic E-state index is 0.0515. The van der Waals surface area contributed by atoms with E-state index in [0.29, 0.717) is 23.0 Å². The minimum Gasteiger partial charge on any atom is -0.478 e. The van der Waals surface area contributed by atoms with E-state index >= 15 is 0 Å². The Labute approximate surface area is 164 Å². The fraction of sp³-hybridized carbons (Fsp3) is 0.391. The van der Waals surface area contributed by atoms with Gasteiger partial charge < -0.3 is 9.84 Å². The zero-order valence-electron chi connectivity index (χ0n) is 16.0. The van der Waals surface area contributed by atoms with Crippen molar-refractivity contribution in [3.05, 3.63) is 58.9 Å². The lowest BCUT2D eigenvalue weighted by molar-refractivity contribution is 0.0697. The Balaban J connectivity index is 1.88. The van der Waals surface area contributed by atoms with Crippen molar-refractivity contribution >= 4 is 5.97 Å². The van der Waals surface area contributed by atoms with Crippen LogP contribution in [0.15, 0.2) is 36.4 Å². The van der Waals surface area contributed by atoms with E-state index in [1.165, 1.54) is 12.1 Å². The van der Waals surface area contributed by atoms with E-state index in [1.807, 2.05) is 19.1 Å². The summed E-state index contributed by atoms with van der Waals surface area (Å²) >= 11 is 0. The van der Waals surface area contributed by atoms with Crippen molar-refractivity contribution in [3.63, 3.8) is 0 Å². The molecule has 2 aromatic carbocycles. The molecule has 5 heteroatoms. The molecule has 146 valence electrons. The largest absolute Gasteiger partial charge is 0.478 e. The number of hydrogen-bond acceptors (Lipinski definition) is 3. The molecule has 1 fully saturated rings. The van der Waals surface area contributed by atoms with E-state index in [9.17, 15) is 14.3 Å². The quantitative estimate of drug-likeness (QED) is 0.730. The number of rotatable bonds is 6. The van der Waals surface area contributed by atoms with Crippen LogP contribution in [0.5, 0.6) is 0 Å². The number of carbonyl (C=O) groups is 1. The molecule has 0 saturated heterocycles. The van der Waals surface area contributed by atoms with Gasteiger partial charge in [-0.1, -0.05) is 18.2 Å². The van der Waals surface area contributed by atoms with Gasteiger partial charge in [0.1, 0.15) is 11.9 Å². The molecule has 0 unspecified atom stereocenters. The van der Waals surface area contributed by atoms with Crippen molar-refractivity contribution < 1.29 is 19.0 Å². The van der Waals surface area contributed by atoms with Crippen LogP contribution in [0.3, 0.4) is 0 Å². The second-order valence-electron chi connectivity index (χ2n) is 7.29. The standard InChI is InChI=1S/C23H24FNO3/c1-2-28-14-15-3-5-16(6-4-15)17-9-10-20(23(26)27)21(11-17)18-7-8-19(13-25)22(24)12-18/h7-12,15-16H,2-6,14H2,1H3,(H,26,27)/t15-,16-. The highest BCUT2D eigenvalue weighted by atomic mass is 19.1. The van der Waals surface area contributed by atoms with E-state index in [0.717, 1.165) is 44.5 Å². The van der Waals surface area contributed by atoms with Gasteiger partial charge in [0, 0.05) is 13.2 Å². The number of carboxylic acids is 1. The van der Waals surface area contributed by atoms with Crippen LogP contribution in [-0.2, 0) is 4.74 Å². The molecule has 1 aliphatic rings. The molecular formula is C23H24FNO3. The molecule has 0 atom stereocenters. The Hall–Kier alpha value is -2.71. The van der Waals surface area contributed by atoms with E-state index in [1.54, 1.807) is 18.2 Å². The van der Waals surface area contributed by atoms with Gasteiger partial charge in [-0.25, -0.2) is 9.18 Å². The molecule has 0 bridgehead atoms. The highest BCUT2D eigenvalue weighted by Gasteiger charge is 2.24. The molecule has 0 spiro atoms. The van der Waals surface area contributed by atoms with Crippen LogP contribution >= 0.6 is 0 Å². The Kier molecular flexibility index (Phi) is 6.43. The third-order valence-electron chi connectivity index (χ3n) is 5.55. The van der Waals surface area contributed by atoms with Crippen molar-refractivity contribution in [1.29, 1.82) is 5.26 Å². The third-order valence-corrected chi connectivity index (χ3v) is 5.55. The van der Waals surface area contributed by atoms with Crippen molar-refractivity contribution in [3.8, 4) is 17.2 Å². The van der Waals surface area contributed by atoms with Crippen LogP contribution in [0.2, 0.25) is 0 Å². The number of halogens is 1. The smallest absolute Gasteiger partial charge is 0.336 e. The van der Waals surface area contributed by atoms with Gasteiger partial charge in [-0.3, -0.25) is 0 Å². The molecule has 0 aromatic heterocycles. The van der Waals surface area contributed by atoms with Crippen molar-refractivity contribution in [2.45, 2.75) is 38.5 Å². The molecular weight excluding hydrogens is 357 g/mol. The van der Waals surface area contributed by atoms with Gasteiger partial charge in [0.2, 0.25) is 0 Å². The van der Waals surface area contributed by atoms with Gasteiger partial charge in [0.15, 0.2) is 0 Å². The van der Waals surface area contributed by atoms with Crippen molar-refractivity contribution in [1.82, 2.24) is 0 Å². The van der Waals surface area contributed by atoms with Gasteiger partial charge in [0.05, 0.1) is 11.1 Å². The average molecular weight is 381 g/mol. The van der Waals surface area contributed by atoms with E-state index in [-0.39, 0.29) is 11.1 Å². The Bertz CT molecular complexity index is 895. The van der Waals surface area contributed by atoms with Gasteiger partial charge in [-0.05, 0) is 79.3 Å². The predicted octanol–water partition coefficient (Wildman–Crippen LogP) is 5.37. The summed E-state index contributed by atoms with van der Waals surface area (Å²) in [5, 5.41) is 18.5. The number of aromatic carboxylic acids is 1. The number of nitrogens with zero attached hydrogens (tertiary/aromatic N) is 1. The summed E-state index contributed by atoms with van der Waals surface area (Å²) in [5.41, 5.74) is 2.13. The number of hydrogen-bond donors (Lipinski definition) is 1. The Morgan fingerprint density at radius 1 is 1.21 bits per heavy atom. The first-order chi connectivity index (χ1) is 13.5. The van der Waals surface area contributed by atoms with Gasteiger partial charge in [0.25, 0.3) is 0 Å². The SMILES string of the molecule is CCOC[C@H]1CC[C@H](c2ccc(C(=O)O)c(-c3ccc(C#N)c(F)c3)c2)CC1. The summed E-state index contributed by atoms with van der Waals surface area (Å²) in [6.07, 6.45) is 4.25. The number of benzene rings is 2. The molecule has 3 rings (SSSR count). The zero-order valence-corrected chi connectivity index (χ0v) is 16.0. The summed E-state index contributed by atoms with van der Waals surface area (Å²) < 4.78 is 19.6. The van der Waals surface area contributed by atoms with Crippen LogP contribution in [0.4, 0.5) is 4.39 Å². The lowest BCUT2D eigenvalue weighted by Crippen LogP contribution is -2.18. The average Bonchev–Trinajstić information content (AvgIpc) is 2.72. The highest BCUT2D eigenvalue weighted by Crippen LogP contribution is 2.38. The van der Waals surface area contributed by atoms with Crippen molar-refractivity contribution in [2.75, 3.05) is 13.2 Å². The maximum Gasteiger partial charge on any atom is 0.336 e. The molecule has 0 amide bonds. The molecule has 4 nitrogen and oxygen atoms in total. The van der Waals surface area contributed by atoms with Gasteiger partial charge in [-0.15, -0.1) is 0 Å². The molecule has 1 aliphatic carbocycles. The maximum atomic E-state index is 14.1. The van der Waals surface area contributed by atoms with Crippen LogP contribution in [0.1, 0.15) is 60.0 Å². The van der Waals surface area contributed by atoms with E-state index in [4.69, 9.17) is 10.00 Å². The summed E-state index contributed by atoms with van der Waals surface area (Å²) in [7, 11) is 0. The first-order valence-corrected chi connectivity index (χ1v) is 9.68. The molecule has 1 N–H and O–H groups in total. The monoisotopic (exact) mass is 381 g/mol. The normalized spacial score (nSPS) is 19.2. The Morgan fingerprint density at radius 2 is 1.96 bits per heavy atom. The van der Waals surface area contributed by atoms with E-state index < -0.39 is 11.8 Å². The lowest BCUT2D eigenvalue weighted by Gasteiger charge is -2.29. The summed E-state index contributed by atoms with van der Waals surface area (Å²) in [6.45, 7) is 3.54. The first kappa shape index (κ1) is 20.0. The molecule has 0 aliphatic heterocycles. The van der Waals surface area contributed by atoms with Crippen LogP contribution < -0.4 is 0 Å². The summed E-state index contributed by atoms with van der Waals surface area (Å²) in [6, 6.07) is 11.4. The maximum absolute atomic E-state index is 14.1. The molecule has 1 saturated carbocycles. The highest BCUT2D eigenvalue weighted by molar-refractivity contribution is 5.96. The molecule has 2 aromatic rings. The fourth-order valence-electron chi connectivity index (χ4n) is 3.96. The van der Waals surface area contributed by atoms with Gasteiger partial charge >= 0.3 is 5.97 Å². The number of nitriles is 1. The summed E-state index contributed by atoms with van der Waals surface area (Å²) in [4.78, 5) is 11.7. The molecule has 0 heterocycles. The predicted molar refractivity (Wildman–Crippen MR) is 105 cm³/mol. The summed E-state index contributed by atoms with van der Waals surface area (Å²) in [5.74, 6) is -0.741. The van der Waals surface area contributed by atoms with Crippen molar-refractivity contribution in [2.24, 2.45) is 5.92 Å². The minimum atomic E-state index is -1.05. The third kappa shape index (κ3) is 4.40. The van der Waals surface area contributed by atoms with Gasteiger partial charge in [-0.2, -0.15) is 5.26 Å². The first-order valence-electron chi connectivity index (χ1n) is 9.68. The lowest BCUT2D eigenvalue weighted by atomic mass is 9.78. The molecule has 28 heavy (non-hydrogen) atoms.